The third-order valence-corrected chi connectivity index (χ3v) is 2.61. The molecule has 0 aliphatic heterocycles. The van der Waals surface area contributed by atoms with Gasteiger partial charge in [0.15, 0.2) is 0 Å². The zero-order valence-electron chi connectivity index (χ0n) is 11.4. The van der Waals surface area contributed by atoms with Gasteiger partial charge in [0.05, 0.1) is 0 Å². The Morgan fingerprint density at radius 3 is 2.65 bits per heavy atom. The number of hydrogen-bond acceptors (Lipinski definition) is 5. The molecule has 0 saturated heterocycles. The lowest BCUT2D eigenvalue weighted by atomic mass is 10.2. The van der Waals surface area contributed by atoms with Gasteiger partial charge in [0.2, 0.25) is 17.7 Å². The van der Waals surface area contributed by atoms with Crippen LogP contribution in [-0.4, -0.2) is 22.4 Å². The van der Waals surface area contributed by atoms with Crippen LogP contribution in [0.1, 0.15) is 22.8 Å². The molecule has 104 valence electrons. The van der Waals surface area contributed by atoms with Crippen LogP contribution in [0.5, 0.6) is 11.6 Å². The molecule has 0 unspecified atom stereocenters. The maximum atomic E-state index is 11.0. The summed E-state index contributed by atoms with van der Waals surface area (Å²) in [5, 5.41) is 3.02. The second-order valence-electron chi connectivity index (χ2n) is 4.20. The first-order chi connectivity index (χ1) is 9.60. The van der Waals surface area contributed by atoms with E-state index in [1.807, 2.05) is 13.8 Å². The predicted octanol–water partition coefficient (Wildman–Crippen LogP) is 2.11. The molecule has 20 heavy (non-hydrogen) atoms. The number of nitrogens with two attached hydrogens (primary N) is 1. The number of amides is 1. The van der Waals surface area contributed by atoms with Gasteiger partial charge in [-0.3, -0.25) is 4.79 Å². The van der Waals surface area contributed by atoms with Crippen LogP contribution < -0.4 is 15.8 Å². The van der Waals surface area contributed by atoms with Crippen molar-refractivity contribution < 1.29 is 9.53 Å². The molecular formula is C14H16N4O2. The van der Waals surface area contributed by atoms with Crippen molar-refractivity contribution in [3.8, 4) is 11.6 Å². The van der Waals surface area contributed by atoms with Crippen molar-refractivity contribution >= 4 is 11.9 Å². The molecule has 2 rings (SSSR count). The molecule has 1 aromatic heterocycles. The second kappa shape index (κ2) is 6.01. The van der Waals surface area contributed by atoms with Crippen LogP contribution in [0.25, 0.3) is 0 Å². The molecule has 0 atom stereocenters. The number of anilines is 1. The molecular weight excluding hydrogens is 256 g/mol. The average molecular weight is 272 g/mol. The quantitative estimate of drug-likeness (QED) is 0.870. The maximum Gasteiger partial charge on any atom is 0.248 e. The summed E-state index contributed by atoms with van der Waals surface area (Å²) >= 11 is 0. The Balaban J connectivity index is 2.20. The van der Waals surface area contributed by atoms with Gasteiger partial charge in [-0.05, 0) is 38.1 Å². The van der Waals surface area contributed by atoms with Crippen LogP contribution in [0.15, 0.2) is 30.5 Å². The number of rotatable bonds is 5. The lowest BCUT2D eigenvalue weighted by Gasteiger charge is -2.09. The van der Waals surface area contributed by atoms with E-state index in [2.05, 4.69) is 15.3 Å². The molecule has 0 fully saturated rings. The Kier molecular flexibility index (Phi) is 4.14. The van der Waals surface area contributed by atoms with E-state index in [4.69, 9.17) is 10.5 Å². The SMILES string of the molecule is CCNc1ncc(C)c(Oc2ccc(C(N)=O)cc2)n1. The van der Waals surface area contributed by atoms with Crippen LogP contribution in [-0.2, 0) is 0 Å². The van der Waals surface area contributed by atoms with Gasteiger partial charge in [-0.15, -0.1) is 0 Å². The number of nitrogens with zero attached hydrogens (tertiary/aromatic N) is 2. The van der Waals surface area contributed by atoms with Crippen molar-refractivity contribution in [2.75, 3.05) is 11.9 Å². The van der Waals surface area contributed by atoms with E-state index < -0.39 is 5.91 Å². The lowest BCUT2D eigenvalue weighted by Crippen LogP contribution is -2.10. The number of hydrogen-bond donors (Lipinski definition) is 2. The smallest absolute Gasteiger partial charge is 0.248 e. The zero-order chi connectivity index (χ0) is 14.5. The van der Waals surface area contributed by atoms with E-state index in [9.17, 15) is 4.79 Å². The third-order valence-electron chi connectivity index (χ3n) is 2.61. The van der Waals surface area contributed by atoms with Gasteiger partial charge >= 0.3 is 0 Å². The van der Waals surface area contributed by atoms with Crippen LogP contribution in [0.3, 0.4) is 0 Å². The number of aryl methyl sites for hydroxylation is 1. The van der Waals surface area contributed by atoms with Gasteiger partial charge in [0.1, 0.15) is 5.75 Å². The van der Waals surface area contributed by atoms with Gasteiger partial charge in [0.25, 0.3) is 0 Å². The van der Waals surface area contributed by atoms with E-state index in [1.165, 1.54) is 0 Å². The monoisotopic (exact) mass is 272 g/mol. The molecule has 0 aliphatic carbocycles. The molecule has 6 nitrogen and oxygen atoms in total. The molecule has 0 radical (unpaired) electrons. The van der Waals surface area contributed by atoms with Crippen LogP contribution in [0.4, 0.5) is 5.95 Å². The van der Waals surface area contributed by atoms with Crippen LogP contribution >= 0.6 is 0 Å². The highest BCUT2D eigenvalue weighted by molar-refractivity contribution is 5.92. The largest absolute Gasteiger partial charge is 0.439 e. The third kappa shape index (κ3) is 3.23. The summed E-state index contributed by atoms with van der Waals surface area (Å²) in [6.07, 6.45) is 1.69. The zero-order valence-corrected chi connectivity index (χ0v) is 11.4. The van der Waals surface area contributed by atoms with E-state index in [0.29, 0.717) is 23.1 Å². The number of primary amides is 1. The summed E-state index contributed by atoms with van der Waals surface area (Å²) in [5.74, 6) is 1.10. The summed E-state index contributed by atoms with van der Waals surface area (Å²) in [6, 6.07) is 6.57. The molecule has 1 heterocycles. The second-order valence-corrected chi connectivity index (χ2v) is 4.20. The average Bonchev–Trinajstić information content (AvgIpc) is 2.43. The minimum atomic E-state index is -0.468. The highest BCUT2D eigenvalue weighted by atomic mass is 16.5. The molecule has 2 aromatic rings. The Hall–Kier alpha value is -2.63. The molecule has 0 aliphatic rings. The molecule has 0 saturated carbocycles. The first-order valence-electron chi connectivity index (χ1n) is 6.25. The lowest BCUT2D eigenvalue weighted by molar-refractivity contribution is 0.100. The molecule has 6 heteroatoms. The summed E-state index contributed by atoms with van der Waals surface area (Å²) in [6.45, 7) is 4.56. The highest BCUT2D eigenvalue weighted by Crippen LogP contribution is 2.23. The van der Waals surface area contributed by atoms with Crippen molar-refractivity contribution in [1.29, 1.82) is 0 Å². The Bertz CT molecular complexity index is 611. The fraction of sp³-hybridized carbons (Fsp3) is 0.214. The van der Waals surface area contributed by atoms with Crippen molar-refractivity contribution in [3.63, 3.8) is 0 Å². The summed E-state index contributed by atoms with van der Waals surface area (Å²) in [5.41, 5.74) is 6.45. The summed E-state index contributed by atoms with van der Waals surface area (Å²) < 4.78 is 5.69. The van der Waals surface area contributed by atoms with E-state index in [-0.39, 0.29) is 0 Å². The highest BCUT2D eigenvalue weighted by Gasteiger charge is 2.07. The van der Waals surface area contributed by atoms with Crippen molar-refractivity contribution in [2.45, 2.75) is 13.8 Å². The number of ether oxygens (including phenoxy) is 1. The Labute approximate surface area is 117 Å². The number of aromatic nitrogens is 2. The van der Waals surface area contributed by atoms with Crippen LogP contribution in [0, 0.1) is 6.92 Å². The topological polar surface area (TPSA) is 90.1 Å². The fourth-order valence-corrected chi connectivity index (χ4v) is 1.57. The number of carbonyl (C=O) groups excluding carboxylic acids is 1. The van der Waals surface area contributed by atoms with E-state index in [1.54, 1.807) is 30.5 Å². The van der Waals surface area contributed by atoms with Gasteiger partial charge < -0.3 is 15.8 Å². The van der Waals surface area contributed by atoms with E-state index >= 15 is 0 Å². The Morgan fingerprint density at radius 2 is 2.05 bits per heavy atom. The van der Waals surface area contributed by atoms with Crippen molar-refractivity contribution in [1.82, 2.24) is 9.97 Å². The molecule has 0 bridgehead atoms. The van der Waals surface area contributed by atoms with Crippen molar-refractivity contribution in [2.24, 2.45) is 5.73 Å². The summed E-state index contributed by atoms with van der Waals surface area (Å²) in [7, 11) is 0. The number of carbonyl (C=O) groups is 1. The molecule has 1 aromatic carbocycles. The van der Waals surface area contributed by atoms with Crippen molar-refractivity contribution in [3.05, 3.63) is 41.6 Å². The minimum absolute atomic E-state index is 0.435. The maximum absolute atomic E-state index is 11.0. The van der Waals surface area contributed by atoms with Gasteiger partial charge in [-0.2, -0.15) is 4.98 Å². The van der Waals surface area contributed by atoms with Crippen LogP contribution in [0.2, 0.25) is 0 Å². The molecule has 3 N–H and O–H groups in total. The van der Waals surface area contributed by atoms with E-state index in [0.717, 1.165) is 12.1 Å². The van der Waals surface area contributed by atoms with Gasteiger partial charge in [-0.1, -0.05) is 0 Å². The minimum Gasteiger partial charge on any atom is -0.439 e. The first kappa shape index (κ1) is 13.8. The predicted molar refractivity (Wildman–Crippen MR) is 76.0 cm³/mol. The summed E-state index contributed by atoms with van der Waals surface area (Å²) in [4.78, 5) is 19.4. The van der Waals surface area contributed by atoms with Gasteiger partial charge in [0, 0.05) is 23.9 Å². The fourth-order valence-electron chi connectivity index (χ4n) is 1.57. The normalized spacial score (nSPS) is 10.1. The number of nitrogens with one attached hydrogen (secondary N) is 1. The number of benzene rings is 1. The standard InChI is InChI=1S/C14H16N4O2/c1-3-16-14-17-8-9(2)13(18-14)20-11-6-4-10(5-7-11)12(15)19/h4-8H,3H2,1-2H3,(H2,15,19)(H,16,17,18). The molecule has 1 amide bonds. The Morgan fingerprint density at radius 1 is 1.35 bits per heavy atom. The molecule has 0 spiro atoms. The first-order valence-corrected chi connectivity index (χ1v) is 6.25. The van der Waals surface area contributed by atoms with Gasteiger partial charge in [-0.25, -0.2) is 4.98 Å².